The molecule has 0 bridgehead atoms. The van der Waals surface area contributed by atoms with E-state index >= 15 is 0 Å². The van der Waals surface area contributed by atoms with Gasteiger partial charge in [0, 0.05) is 17.3 Å². The number of hydrogen-bond acceptors (Lipinski definition) is 5. The van der Waals surface area contributed by atoms with E-state index in [1.807, 2.05) is 30.3 Å². The van der Waals surface area contributed by atoms with Crippen molar-refractivity contribution < 1.29 is 23.7 Å². The zero-order valence-electron chi connectivity index (χ0n) is 16.0. The molecule has 0 spiro atoms. The summed E-state index contributed by atoms with van der Waals surface area (Å²) >= 11 is 1.46. The molecule has 0 fully saturated rings. The molecule has 1 heterocycles. The van der Waals surface area contributed by atoms with E-state index in [0.29, 0.717) is 25.7 Å². The van der Waals surface area contributed by atoms with Crippen LogP contribution in [0, 0.1) is 0 Å². The van der Waals surface area contributed by atoms with Crippen LogP contribution >= 0.6 is 19.2 Å². The maximum absolute atomic E-state index is 12.4. The molecule has 0 radical (unpaired) electrons. The number of ketones is 1. The lowest BCUT2D eigenvalue weighted by atomic mass is 10.0. The van der Waals surface area contributed by atoms with Crippen LogP contribution in [0.2, 0.25) is 0 Å². The summed E-state index contributed by atoms with van der Waals surface area (Å²) in [4.78, 5) is 32.1. The van der Waals surface area contributed by atoms with Crippen LogP contribution in [0.1, 0.15) is 52.7 Å². The van der Waals surface area contributed by atoms with Gasteiger partial charge < -0.3 is 15.5 Å². The first-order valence-corrected chi connectivity index (χ1v) is 11.8. The number of phosphoric ester groups is 1. The number of benzene rings is 1. The Hall–Kier alpha value is -1.34. The van der Waals surface area contributed by atoms with E-state index in [4.69, 9.17) is 20.0 Å². The van der Waals surface area contributed by atoms with Crippen LogP contribution < -0.4 is 5.73 Å². The van der Waals surface area contributed by atoms with E-state index in [1.54, 1.807) is 6.92 Å². The summed E-state index contributed by atoms with van der Waals surface area (Å²) in [7, 11) is -4.55. The molecule has 2 aromatic rings. The maximum atomic E-state index is 12.4. The van der Waals surface area contributed by atoms with Gasteiger partial charge in [0.15, 0.2) is 5.78 Å². The largest absolute Gasteiger partial charge is 0.469 e. The van der Waals surface area contributed by atoms with E-state index in [1.165, 1.54) is 16.9 Å². The molecule has 154 valence electrons. The highest BCUT2D eigenvalue weighted by atomic mass is 32.1. The van der Waals surface area contributed by atoms with Gasteiger partial charge in [-0.3, -0.25) is 9.32 Å². The van der Waals surface area contributed by atoms with Crippen molar-refractivity contribution in [1.29, 1.82) is 0 Å². The van der Waals surface area contributed by atoms with Crippen LogP contribution in [0.5, 0.6) is 0 Å². The maximum Gasteiger partial charge on any atom is 0.469 e. The van der Waals surface area contributed by atoms with Gasteiger partial charge in [-0.05, 0) is 49.8 Å². The highest BCUT2D eigenvalue weighted by Gasteiger charge is 2.26. The normalized spacial score (nSPS) is 14.0. The quantitative estimate of drug-likeness (QED) is 0.349. The molecule has 2 atom stereocenters. The molecular formula is C20H28NO5PS. The highest BCUT2D eigenvalue weighted by molar-refractivity contribution is 7.46. The highest BCUT2D eigenvalue weighted by Crippen LogP contribution is 2.39. The van der Waals surface area contributed by atoms with Crippen LogP contribution in [-0.4, -0.2) is 27.7 Å². The van der Waals surface area contributed by atoms with Crippen LogP contribution in [0.4, 0.5) is 0 Å². The molecule has 1 aromatic heterocycles. The monoisotopic (exact) mass is 425 g/mol. The molecular weight excluding hydrogens is 397 g/mol. The number of carbonyl (C=O) groups excluding carboxylic acids is 1. The van der Waals surface area contributed by atoms with Crippen molar-refractivity contribution in [2.75, 3.05) is 0 Å². The summed E-state index contributed by atoms with van der Waals surface area (Å²) in [5.41, 5.74) is 7.28. The van der Waals surface area contributed by atoms with Gasteiger partial charge in [0.05, 0.1) is 11.0 Å². The third kappa shape index (κ3) is 7.95. The SMILES string of the molecule is CCC(OP(=O)(O)O)C(N)CCc1ccc(C(=O)CCCc2ccccc2)s1. The molecule has 2 rings (SSSR count). The minimum absolute atomic E-state index is 0.146. The smallest absolute Gasteiger partial charge is 0.325 e. The Kier molecular flexibility index (Phi) is 9.02. The molecule has 0 amide bonds. The average molecular weight is 425 g/mol. The number of Topliss-reactive ketones (excluding diaryl/α,β-unsaturated/α-hetero) is 1. The minimum atomic E-state index is -4.55. The predicted octanol–water partition coefficient (Wildman–Crippen LogP) is 4.10. The molecule has 0 saturated heterocycles. The van der Waals surface area contributed by atoms with Gasteiger partial charge in [0.1, 0.15) is 0 Å². The predicted molar refractivity (Wildman–Crippen MR) is 112 cm³/mol. The third-order valence-electron chi connectivity index (χ3n) is 4.53. The van der Waals surface area contributed by atoms with Crippen molar-refractivity contribution in [1.82, 2.24) is 0 Å². The fourth-order valence-corrected chi connectivity index (χ4v) is 4.66. The Balaban J connectivity index is 1.79. The van der Waals surface area contributed by atoms with E-state index < -0.39 is 20.0 Å². The van der Waals surface area contributed by atoms with Crippen molar-refractivity contribution in [3.05, 3.63) is 57.8 Å². The summed E-state index contributed by atoms with van der Waals surface area (Å²) in [5, 5.41) is 0. The van der Waals surface area contributed by atoms with E-state index in [2.05, 4.69) is 12.1 Å². The third-order valence-corrected chi connectivity index (χ3v) is 6.26. The zero-order chi connectivity index (χ0) is 20.6. The van der Waals surface area contributed by atoms with Crippen molar-refractivity contribution in [3.63, 3.8) is 0 Å². The Labute approximate surface area is 170 Å². The molecule has 28 heavy (non-hydrogen) atoms. The summed E-state index contributed by atoms with van der Waals surface area (Å²) in [5.74, 6) is 0.146. The molecule has 0 aliphatic rings. The number of rotatable bonds is 12. The van der Waals surface area contributed by atoms with Gasteiger partial charge in [-0.25, -0.2) is 4.57 Å². The molecule has 0 aliphatic heterocycles. The zero-order valence-corrected chi connectivity index (χ0v) is 17.7. The summed E-state index contributed by atoms with van der Waals surface area (Å²) in [6.07, 6.45) is 3.12. The molecule has 6 nitrogen and oxygen atoms in total. The minimum Gasteiger partial charge on any atom is -0.325 e. The Morgan fingerprint density at radius 2 is 1.89 bits per heavy atom. The lowest BCUT2D eigenvalue weighted by Gasteiger charge is -2.22. The van der Waals surface area contributed by atoms with Crippen LogP contribution in [-0.2, 0) is 21.9 Å². The topological polar surface area (TPSA) is 110 Å². The Bertz CT molecular complexity index is 789. The van der Waals surface area contributed by atoms with Gasteiger partial charge in [-0.1, -0.05) is 37.3 Å². The van der Waals surface area contributed by atoms with Crippen molar-refractivity contribution in [2.24, 2.45) is 5.73 Å². The second-order valence-electron chi connectivity index (χ2n) is 6.77. The van der Waals surface area contributed by atoms with Gasteiger partial charge in [0.2, 0.25) is 0 Å². The molecule has 0 aliphatic carbocycles. The first kappa shape index (κ1) is 22.9. The second kappa shape index (κ2) is 11.0. The average Bonchev–Trinajstić information content (AvgIpc) is 3.13. The van der Waals surface area contributed by atoms with Crippen LogP contribution in [0.25, 0.3) is 0 Å². The lowest BCUT2D eigenvalue weighted by Crippen LogP contribution is -2.36. The Morgan fingerprint density at radius 1 is 1.18 bits per heavy atom. The number of thiophene rings is 1. The first-order valence-electron chi connectivity index (χ1n) is 9.44. The molecule has 8 heteroatoms. The molecule has 1 aromatic carbocycles. The number of aryl methyl sites for hydroxylation is 2. The van der Waals surface area contributed by atoms with E-state index in [-0.39, 0.29) is 5.78 Å². The standard InChI is InChI=1S/C20H28NO5PS/c1-2-19(26-27(23,24)25)17(21)13-11-16-12-14-20(28-16)18(22)10-6-9-15-7-4-3-5-8-15/h3-5,7-8,12,14,17,19H,2,6,9-11,13,21H2,1H3,(H2,23,24,25). The van der Waals surface area contributed by atoms with Crippen molar-refractivity contribution in [2.45, 2.75) is 57.6 Å². The Morgan fingerprint density at radius 3 is 2.54 bits per heavy atom. The fourth-order valence-electron chi connectivity index (χ4n) is 3.01. The molecule has 0 saturated carbocycles. The summed E-state index contributed by atoms with van der Waals surface area (Å²) in [6.45, 7) is 1.78. The van der Waals surface area contributed by atoms with E-state index in [0.717, 1.165) is 22.6 Å². The van der Waals surface area contributed by atoms with Gasteiger partial charge >= 0.3 is 7.82 Å². The van der Waals surface area contributed by atoms with Gasteiger partial charge in [-0.15, -0.1) is 11.3 Å². The summed E-state index contributed by atoms with van der Waals surface area (Å²) < 4.78 is 15.8. The number of carbonyl (C=O) groups is 1. The van der Waals surface area contributed by atoms with Gasteiger partial charge in [-0.2, -0.15) is 0 Å². The summed E-state index contributed by atoms with van der Waals surface area (Å²) in [6, 6.07) is 13.4. The van der Waals surface area contributed by atoms with Crippen LogP contribution in [0.15, 0.2) is 42.5 Å². The number of phosphoric acid groups is 1. The first-order chi connectivity index (χ1) is 13.3. The van der Waals surface area contributed by atoms with Crippen LogP contribution in [0.3, 0.4) is 0 Å². The second-order valence-corrected chi connectivity index (χ2v) is 9.13. The van der Waals surface area contributed by atoms with Crippen molar-refractivity contribution >= 4 is 24.9 Å². The number of nitrogens with two attached hydrogens (primary N) is 1. The molecule has 4 N–H and O–H groups in total. The number of hydrogen-bond donors (Lipinski definition) is 3. The fraction of sp³-hybridized carbons (Fsp3) is 0.450. The molecule has 2 unspecified atom stereocenters. The van der Waals surface area contributed by atoms with Crippen molar-refractivity contribution in [3.8, 4) is 0 Å². The lowest BCUT2D eigenvalue weighted by molar-refractivity contribution is 0.0983. The van der Waals surface area contributed by atoms with Gasteiger partial charge in [0.25, 0.3) is 0 Å². The van der Waals surface area contributed by atoms with E-state index in [9.17, 15) is 9.36 Å².